The predicted molar refractivity (Wildman–Crippen MR) is 189 cm³/mol. The monoisotopic (exact) mass is 683 g/mol. The van der Waals surface area contributed by atoms with E-state index in [4.69, 9.17) is 0 Å². The highest BCUT2D eigenvalue weighted by molar-refractivity contribution is 6.23. The number of hydrogen-bond acceptors (Lipinski definition) is 9. The van der Waals surface area contributed by atoms with Gasteiger partial charge in [0.25, 0.3) is 17.7 Å². The maximum Gasteiger partial charge on any atom is 0.262 e. The Bertz CT molecular complexity index is 1700. The van der Waals surface area contributed by atoms with E-state index in [0.717, 1.165) is 74.9 Å². The highest BCUT2D eigenvalue weighted by atomic mass is 16.2. The number of carbonyl (C=O) groups is 5. The van der Waals surface area contributed by atoms with Crippen LogP contribution in [0, 0.1) is 16.7 Å². The third-order valence-electron chi connectivity index (χ3n) is 11.7. The van der Waals surface area contributed by atoms with Crippen LogP contribution in [0.2, 0.25) is 0 Å². The number of nitrogens with one attached hydrogen (secondary N) is 2. The number of amides is 5. The fraction of sp³-hybridized carbons (Fsp3) is 0.579. The number of carbonyl (C=O) groups excluding carboxylic acids is 5. The Morgan fingerprint density at radius 3 is 2.26 bits per heavy atom. The first-order valence-corrected chi connectivity index (χ1v) is 18.1. The van der Waals surface area contributed by atoms with Crippen LogP contribution in [0.25, 0.3) is 0 Å². The second-order valence-electron chi connectivity index (χ2n) is 16.4. The quantitative estimate of drug-likeness (QED) is 0.421. The van der Waals surface area contributed by atoms with Crippen LogP contribution in [-0.2, 0) is 9.59 Å². The molecule has 0 radical (unpaired) electrons. The van der Waals surface area contributed by atoms with E-state index >= 15 is 0 Å². The zero-order valence-corrected chi connectivity index (χ0v) is 29.8. The first kappa shape index (κ1) is 34.1. The summed E-state index contributed by atoms with van der Waals surface area (Å²) in [6, 6.07) is 8.71. The molecule has 7 rings (SSSR count). The van der Waals surface area contributed by atoms with Gasteiger partial charge in [-0.15, -0.1) is 0 Å². The minimum Gasteiger partial charge on any atom is -0.369 e. The molecule has 50 heavy (non-hydrogen) atoms. The number of imide groups is 2. The van der Waals surface area contributed by atoms with E-state index in [9.17, 15) is 24.0 Å². The Morgan fingerprint density at radius 1 is 0.900 bits per heavy atom. The molecule has 1 aromatic heterocycles. The van der Waals surface area contributed by atoms with Gasteiger partial charge in [-0.1, -0.05) is 27.7 Å². The van der Waals surface area contributed by atoms with Crippen LogP contribution in [0.15, 0.2) is 36.5 Å². The van der Waals surface area contributed by atoms with Crippen molar-refractivity contribution < 1.29 is 24.0 Å². The van der Waals surface area contributed by atoms with Gasteiger partial charge in [0.15, 0.2) is 0 Å². The van der Waals surface area contributed by atoms with Crippen LogP contribution in [0.3, 0.4) is 0 Å². The lowest BCUT2D eigenvalue weighted by Crippen LogP contribution is -2.63. The smallest absolute Gasteiger partial charge is 0.262 e. The van der Waals surface area contributed by atoms with Gasteiger partial charge in [-0.05, 0) is 79.7 Å². The Hall–Kier alpha value is -4.32. The lowest BCUT2D eigenvalue weighted by atomic mass is 9.52. The lowest BCUT2D eigenvalue weighted by Gasteiger charge is -2.57. The van der Waals surface area contributed by atoms with E-state index in [1.807, 2.05) is 18.2 Å². The highest BCUT2D eigenvalue weighted by Gasteiger charge is 2.53. The normalized spacial score (nSPS) is 25.7. The summed E-state index contributed by atoms with van der Waals surface area (Å²) in [6.07, 6.45) is 5.19. The molecule has 3 saturated heterocycles. The van der Waals surface area contributed by atoms with Gasteiger partial charge in [0.1, 0.15) is 11.9 Å². The summed E-state index contributed by atoms with van der Waals surface area (Å²) >= 11 is 0. The molecule has 0 spiro atoms. The maximum atomic E-state index is 13.3. The van der Waals surface area contributed by atoms with E-state index < -0.39 is 23.8 Å². The second-order valence-corrected chi connectivity index (χ2v) is 16.4. The minimum absolute atomic E-state index is 0.0565. The summed E-state index contributed by atoms with van der Waals surface area (Å²) in [7, 11) is 0. The number of anilines is 2. The molecule has 4 aliphatic heterocycles. The molecule has 1 unspecified atom stereocenters. The van der Waals surface area contributed by atoms with E-state index in [0.29, 0.717) is 28.7 Å². The molecule has 1 aromatic carbocycles. The molecule has 2 N–H and O–H groups in total. The number of hydrogen-bond donors (Lipinski definition) is 2. The second kappa shape index (κ2) is 12.8. The average Bonchev–Trinajstić information content (AvgIpc) is 3.32. The van der Waals surface area contributed by atoms with Crippen molar-refractivity contribution in [1.29, 1.82) is 0 Å². The summed E-state index contributed by atoms with van der Waals surface area (Å²) in [5.74, 6) is -0.504. The molecular formula is C38H49N7O5. The summed E-state index contributed by atoms with van der Waals surface area (Å²) in [6.45, 7) is 16.5. The van der Waals surface area contributed by atoms with E-state index in [-0.39, 0.29) is 41.5 Å². The summed E-state index contributed by atoms with van der Waals surface area (Å²) in [4.78, 5) is 76.3. The summed E-state index contributed by atoms with van der Waals surface area (Å²) < 4.78 is 0. The number of nitrogens with zero attached hydrogens (tertiary/aromatic N) is 5. The zero-order valence-electron chi connectivity index (χ0n) is 29.8. The topological polar surface area (TPSA) is 135 Å². The number of pyridine rings is 1. The fourth-order valence-corrected chi connectivity index (χ4v) is 9.45. The molecule has 5 aliphatic rings. The molecule has 4 fully saturated rings. The van der Waals surface area contributed by atoms with E-state index in [2.05, 4.69) is 64.9 Å². The number of piperidine rings is 2. The molecule has 12 nitrogen and oxygen atoms in total. The zero-order chi connectivity index (χ0) is 35.5. The summed E-state index contributed by atoms with van der Waals surface area (Å²) in [5.41, 5.74) is 2.30. The standard InChI is InChI=1S/C38H49N7O5/c1-23-20-44(26-7-8-27-28(18-26)35(50)45(34(27)49)29-9-11-31(46)40-33(29)48)17-16-43(23)21-24-12-14-42(15-13-24)30-10-6-25(19-39-30)32(47)41-36-37(2,3)22-38(36,4)5/h6-8,10,18-19,23-24,29,36H,9,11-17,20-22H2,1-5H3,(H,41,47)(H,40,46,48)/t23-,29?/m1/s1. The highest BCUT2D eigenvalue weighted by Crippen LogP contribution is 2.53. The largest absolute Gasteiger partial charge is 0.369 e. The predicted octanol–water partition coefficient (Wildman–Crippen LogP) is 3.46. The van der Waals surface area contributed by atoms with Gasteiger partial charge in [-0.25, -0.2) is 4.98 Å². The Balaban J connectivity index is 0.894. The van der Waals surface area contributed by atoms with Crippen LogP contribution in [0.4, 0.5) is 11.5 Å². The van der Waals surface area contributed by atoms with Gasteiger partial charge < -0.3 is 15.1 Å². The molecule has 2 atom stereocenters. The van der Waals surface area contributed by atoms with Crippen molar-refractivity contribution in [3.05, 3.63) is 53.2 Å². The SMILES string of the molecule is C[C@@H]1CN(c2ccc3c(c2)C(=O)N(C2CCC(=O)NC2=O)C3=O)CCN1CC1CCN(c2ccc(C(=O)NC3C(C)(C)CC3(C)C)cn2)CC1. The van der Waals surface area contributed by atoms with Crippen molar-refractivity contribution in [2.24, 2.45) is 16.7 Å². The lowest BCUT2D eigenvalue weighted by molar-refractivity contribution is -0.136. The van der Waals surface area contributed by atoms with Crippen molar-refractivity contribution in [3.8, 4) is 0 Å². The van der Waals surface area contributed by atoms with Gasteiger partial charge in [0, 0.05) is 69.7 Å². The molecule has 0 bridgehead atoms. The summed E-state index contributed by atoms with van der Waals surface area (Å²) in [5, 5.41) is 5.50. The van der Waals surface area contributed by atoms with E-state index in [1.165, 1.54) is 0 Å². The molecule has 5 heterocycles. The molecule has 2 aromatic rings. The van der Waals surface area contributed by atoms with Crippen LogP contribution in [0.1, 0.15) is 97.8 Å². The third kappa shape index (κ3) is 6.27. The first-order chi connectivity index (χ1) is 23.7. The molecular weight excluding hydrogens is 634 g/mol. The van der Waals surface area contributed by atoms with Crippen molar-refractivity contribution in [1.82, 2.24) is 25.4 Å². The first-order valence-electron chi connectivity index (χ1n) is 18.1. The van der Waals surface area contributed by atoms with Crippen LogP contribution >= 0.6 is 0 Å². The minimum atomic E-state index is -0.966. The number of aromatic nitrogens is 1. The number of benzene rings is 1. The third-order valence-corrected chi connectivity index (χ3v) is 11.7. The fourth-order valence-electron chi connectivity index (χ4n) is 9.45. The van der Waals surface area contributed by atoms with Crippen molar-refractivity contribution in [2.45, 2.75) is 84.8 Å². The number of piperazine rings is 1. The molecule has 266 valence electrons. The van der Waals surface area contributed by atoms with Crippen molar-refractivity contribution in [2.75, 3.05) is 49.1 Å². The Labute approximate surface area is 293 Å². The number of rotatable bonds is 7. The Morgan fingerprint density at radius 2 is 1.62 bits per heavy atom. The van der Waals surface area contributed by atoms with Gasteiger partial charge >= 0.3 is 0 Å². The van der Waals surface area contributed by atoms with Crippen molar-refractivity contribution >= 4 is 41.0 Å². The molecule has 1 saturated carbocycles. The van der Waals surface area contributed by atoms with Crippen LogP contribution < -0.4 is 20.4 Å². The van der Waals surface area contributed by atoms with Crippen LogP contribution in [-0.4, -0.2) is 102 Å². The van der Waals surface area contributed by atoms with Crippen molar-refractivity contribution in [3.63, 3.8) is 0 Å². The van der Waals surface area contributed by atoms with E-state index in [1.54, 1.807) is 18.3 Å². The Kier molecular flexibility index (Phi) is 8.73. The van der Waals surface area contributed by atoms with Gasteiger partial charge in [0.05, 0.1) is 16.7 Å². The van der Waals surface area contributed by atoms with Gasteiger partial charge in [-0.3, -0.25) is 39.1 Å². The molecule has 5 amide bonds. The molecule has 12 heteroatoms. The average molecular weight is 684 g/mol. The van der Waals surface area contributed by atoms with Crippen LogP contribution in [0.5, 0.6) is 0 Å². The maximum absolute atomic E-state index is 13.3. The van der Waals surface area contributed by atoms with Gasteiger partial charge in [0.2, 0.25) is 11.8 Å². The number of fused-ring (bicyclic) bond motifs is 1. The van der Waals surface area contributed by atoms with Gasteiger partial charge in [-0.2, -0.15) is 0 Å². The molecule has 1 aliphatic carbocycles.